The van der Waals surface area contributed by atoms with Crippen molar-refractivity contribution in [2.45, 2.75) is 0 Å². The van der Waals surface area contributed by atoms with Gasteiger partial charge in [-0.2, -0.15) is 10.5 Å². The molecule has 2 aromatic heterocycles. The minimum atomic E-state index is 0.622. The lowest BCUT2D eigenvalue weighted by atomic mass is 9.89. The Morgan fingerprint density at radius 3 is 1.62 bits per heavy atom. The Labute approximate surface area is 277 Å². The normalized spacial score (nSPS) is 11.3. The predicted octanol–water partition coefficient (Wildman–Crippen LogP) is 11.0. The van der Waals surface area contributed by atoms with E-state index in [0.29, 0.717) is 11.1 Å². The molecular formula is C44H26N4. The second-order valence-corrected chi connectivity index (χ2v) is 12.0. The number of hydrogen-bond acceptors (Lipinski definition) is 2. The minimum absolute atomic E-state index is 0.622. The Bertz CT molecular complexity index is 2750. The van der Waals surface area contributed by atoms with Crippen LogP contribution >= 0.6 is 0 Å². The maximum atomic E-state index is 10.4. The summed E-state index contributed by atoms with van der Waals surface area (Å²) in [5, 5.41) is 24.7. The molecule has 0 aliphatic rings. The third kappa shape index (κ3) is 4.07. The van der Waals surface area contributed by atoms with Gasteiger partial charge >= 0.3 is 0 Å². The molecule has 4 heteroatoms. The Morgan fingerprint density at radius 2 is 0.979 bits per heavy atom. The van der Waals surface area contributed by atoms with Crippen molar-refractivity contribution in [1.29, 1.82) is 10.5 Å². The molecule has 0 unspecified atom stereocenters. The molecular weight excluding hydrogens is 585 g/mol. The molecule has 0 radical (unpaired) electrons. The summed E-state index contributed by atoms with van der Waals surface area (Å²) in [6.07, 6.45) is 0. The van der Waals surface area contributed by atoms with Crippen LogP contribution in [0.15, 0.2) is 158 Å². The number of nitrogens with zero attached hydrogens (tertiary/aromatic N) is 4. The maximum absolute atomic E-state index is 10.4. The Hall–Kier alpha value is -6.88. The third-order valence-corrected chi connectivity index (χ3v) is 9.42. The van der Waals surface area contributed by atoms with Crippen LogP contribution in [-0.4, -0.2) is 9.13 Å². The number of nitriles is 2. The van der Waals surface area contributed by atoms with Crippen molar-refractivity contribution in [3.63, 3.8) is 0 Å². The van der Waals surface area contributed by atoms with Gasteiger partial charge in [-0.1, -0.05) is 103 Å². The van der Waals surface area contributed by atoms with Crippen LogP contribution in [0.1, 0.15) is 11.1 Å². The van der Waals surface area contributed by atoms with Gasteiger partial charge in [-0.25, -0.2) is 0 Å². The molecule has 0 saturated heterocycles. The molecule has 0 aliphatic heterocycles. The van der Waals surface area contributed by atoms with E-state index >= 15 is 0 Å². The zero-order valence-corrected chi connectivity index (χ0v) is 25.8. The van der Waals surface area contributed by atoms with E-state index in [1.54, 1.807) is 0 Å². The van der Waals surface area contributed by atoms with Crippen molar-refractivity contribution >= 4 is 43.6 Å². The van der Waals surface area contributed by atoms with Crippen LogP contribution < -0.4 is 0 Å². The van der Waals surface area contributed by atoms with E-state index in [1.165, 1.54) is 10.8 Å². The highest BCUT2D eigenvalue weighted by atomic mass is 15.0. The number of fused-ring (bicyclic) bond motifs is 6. The average Bonchev–Trinajstić information content (AvgIpc) is 3.67. The summed E-state index contributed by atoms with van der Waals surface area (Å²) >= 11 is 0. The van der Waals surface area contributed by atoms with Gasteiger partial charge in [0.2, 0.25) is 0 Å². The van der Waals surface area contributed by atoms with Gasteiger partial charge in [0.1, 0.15) is 0 Å². The monoisotopic (exact) mass is 610 g/mol. The summed E-state index contributed by atoms with van der Waals surface area (Å²) in [6, 6.07) is 58.9. The van der Waals surface area contributed by atoms with Crippen molar-refractivity contribution in [2.75, 3.05) is 0 Å². The summed E-state index contributed by atoms with van der Waals surface area (Å²) in [4.78, 5) is 0. The smallest absolute Gasteiger partial charge is 0.0998 e. The molecule has 48 heavy (non-hydrogen) atoms. The molecule has 4 nitrogen and oxygen atoms in total. The molecule has 0 saturated carbocycles. The van der Waals surface area contributed by atoms with Crippen LogP contribution in [0.3, 0.4) is 0 Å². The fourth-order valence-electron chi connectivity index (χ4n) is 7.35. The van der Waals surface area contributed by atoms with Gasteiger partial charge < -0.3 is 9.13 Å². The second kappa shape index (κ2) is 10.9. The number of benzene rings is 7. The lowest BCUT2D eigenvalue weighted by Crippen LogP contribution is -1.99. The van der Waals surface area contributed by atoms with E-state index < -0.39 is 0 Å². The molecule has 0 atom stereocenters. The highest BCUT2D eigenvalue weighted by Gasteiger charge is 2.20. The van der Waals surface area contributed by atoms with Crippen LogP contribution in [0, 0.1) is 22.7 Å². The first-order valence-corrected chi connectivity index (χ1v) is 15.9. The van der Waals surface area contributed by atoms with Crippen LogP contribution in [-0.2, 0) is 0 Å². The van der Waals surface area contributed by atoms with Gasteiger partial charge in [0.05, 0.1) is 51.0 Å². The molecule has 0 bridgehead atoms. The number of rotatable bonds is 4. The zero-order valence-electron chi connectivity index (χ0n) is 25.8. The maximum Gasteiger partial charge on any atom is 0.0998 e. The Morgan fingerprint density at radius 1 is 0.417 bits per heavy atom. The van der Waals surface area contributed by atoms with Gasteiger partial charge in [-0.3, -0.25) is 0 Å². The first-order valence-electron chi connectivity index (χ1n) is 15.9. The van der Waals surface area contributed by atoms with Crippen LogP contribution in [0.4, 0.5) is 0 Å². The Balaban J connectivity index is 1.25. The molecule has 9 rings (SSSR count). The highest BCUT2D eigenvalue weighted by Crippen LogP contribution is 2.41. The molecule has 0 N–H and O–H groups in total. The fraction of sp³-hybridized carbons (Fsp3) is 0. The first-order chi connectivity index (χ1) is 23.7. The van der Waals surface area contributed by atoms with E-state index in [4.69, 9.17) is 0 Å². The summed E-state index contributed by atoms with van der Waals surface area (Å²) in [5.41, 5.74) is 11.5. The van der Waals surface area contributed by atoms with Crippen LogP contribution in [0.25, 0.3) is 77.2 Å². The molecule has 0 fully saturated rings. The lowest BCUT2D eigenvalue weighted by Gasteiger charge is -2.18. The van der Waals surface area contributed by atoms with E-state index in [9.17, 15) is 10.5 Å². The minimum Gasteiger partial charge on any atom is -0.309 e. The Kier molecular flexibility index (Phi) is 6.22. The van der Waals surface area contributed by atoms with Gasteiger partial charge in [-0.05, 0) is 65.7 Å². The summed E-state index contributed by atoms with van der Waals surface area (Å²) < 4.78 is 4.54. The van der Waals surface area contributed by atoms with E-state index in [-0.39, 0.29) is 0 Å². The van der Waals surface area contributed by atoms with Crippen LogP contribution in [0.5, 0.6) is 0 Å². The third-order valence-electron chi connectivity index (χ3n) is 9.42. The average molecular weight is 611 g/mol. The first kappa shape index (κ1) is 27.4. The van der Waals surface area contributed by atoms with Crippen molar-refractivity contribution in [3.8, 4) is 45.8 Å². The lowest BCUT2D eigenvalue weighted by molar-refractivity contribution is 1.18. The van der Waals surface area contributed by atoms with Gasteiger partial charge in [0.15, 0.2) is 0 Å². The summed E-state index contributed by atoms with van der Waals surface area (Å²) in [5.74, 6) is 0. The molecule has 9 aromatic rings. The zero-order chi connectivity index (χ0) is 32.2. The molecule has 0 aliphatic carbocycles. The van der Waals surface area contributed by atoms with Crippen molar-refractivity contribution in [3.05, 3.63) is 169 Å². The van der Waals surface area contributed by atoms with Crippen molar-refractivity contribution in [1.82, 2.24) is 9.13 Å². The van der Waals surface area contributed by atoms with Gasteiger partial charge in [-0.15, -0.1) is 0 Å². The molecule has 0 amide bonds. The van der Waals surface area contributed by atoms with Gasteiger partial charge in [0.25, 0.3) is 0 Å². The van der Waals surface area contributed by atoms with Crippen molar-refractivity contribution in [2.24, 2.45) is 0 Å². The topological polar surface area (TPSA) is 57.4 Å². The van der Waals surface area contributed by atoms with E-state index in [1.807, 2.05) is 48.5 Å². The molecule has 0 spiro atoms. The van der Waals surface area contributed by atoms with E-state index in [0.717, 1.165) is 66.5 Å². The fourth-order valence-corrected chi connectivity index (χ4v) is 7.35. The summed E-state index contributed by atoms with van der Waals surface area (Å²) in [7, 11) is 0. The molecule has 2 heterocycles. The van der Waals surface area contributed by atoms with Gasteiger partial charge in [0, 0.05) is 38.4 Å². The van der Waals surface area contributed by atoms with E-state index in [2.05, 4.69) is 130 Å². The van der Waals surface area contributed by atoms with Crippen molar-refractivity contribution < 1.29 is 0 Å². The molecule has 222 valence electrons. The number of para-hydroxylation sites is 4. The standard InChI is InChI=1S/C44H26N4/c45-27-29-20-25-37-36-13-1-5-16-39(36)47(43(37)26-29)32-23-21-30(22-24-32)33-15-9-10-31(28-46)44(33)38-14-4-8-19-42(38)48-40-17-6-2-11-34(40)35-12-3-7-18-41(35)48/h1-26H. The summed E-state index contributed by atoms with van der Waals surface area (Å²) in [6.45, 7) is 0. The highest BCUT2D eigenvalue weighted by molar-refractivity contribution is 6.11. The van der Waals surface area contributed by atoms with Crippen LogP contribution in [0.2, 0.25) is 0 Å². The SMILES string of the molecule is N#Cc1ccc2c3ccccc3n(-c3ccc(-c4cccc(C#N)c4-c4ccccc4-n4c5ccccc5c5ccccc54)cc3)c2c1. The number of aromatic nitrogens is 2. The second-order valence-electron chi connectivity index (χ2n) is 12.0. The predicted molar refractivity (Wildman–Crippen MR) is 195 cm³/mol. The number of hydrogen-bond donors (Lipinski definition) is 0. The molecule has 7 aromatic carbocycles. The quantitative estimate of drug-likeness (QED) is 0.199. The largest absolute Gasteiger partial charge is 0.309 e.